The van der Waals surface area contributed by atoms with Gasteiger partial charge in [0, 0.05) is 24.2 Å². The fourth-order valence-electron chi connectivity index (χ4n) is 1.58. The van der Waals surface area contributed by atoms with Gasteiger partial charge in [-0.15, -0.1) is 0 Å². The number of halogens is 1. The maximum atomic E-state index is 10.8. The van der Waals surface area contributed by atoms with Crippen molar-refractivity contribution in [3.05, 3.63) is 33.3 Å². The molecule has 0 aromatic heterocycles. The van der Waals surface area contributed by atoms with Crippen molar-refractivity contribution >= 4 is 23.0 Å². The number of unbranched alkanes of at least 4 members (excludes halogenated alkanes) is 1. The number of nitrogens with one attached hydrogen (secondary N) is 1. The monoisotopic (exact) mass is 286 g/mol. The molecule has 0 fully saturated rings. The number of hydrogen-bond acceptors (Lipinski definition) is 4. The predicted octanol–water partition coefficient (Wildman–Crippen LogP) is 3.87. The van der Waals surface area contributed by atoms with Crippen LogP contribution in [0.4, 0.5) is 11.4 Å². The van der Waals surface area contributed by atoms with Crippen LogP contribution in [0.2, 0.25) is 5.02 Å². The van der Waals surface area contributed by atoms with E-state index in [4.69, 9.17) is 16.3 Å². The van der Waals surface area contributed by atoms with Crippen LogP contribution >= 0.6 is 11.6 Å². The van der Waals surface area contributed by atoms with Crippen LogP contribution in [0.15, 0.2) is 18.2 Å². The largest absolute Gasteiger partial charge is 0.379 e. The number of hydrogen-bond donors (Lipinski definition) is 1. The van der Waals surface area contributed by atoms with Gasteiger partial charge in [0.2, 0.25) is 0 Å². The number of ether oxygens (including phenoxy) is 1. The van der Waals surface area contributed by atoms with Crippen LogP contribution in [0.5, 0.6) is 0 Å². The van der Waals surface area contributed by atoms with E-state index in [0.717, 1.165) is 12.8 Å². The molecule has 0 aliphatic heterocycles. The summed E-state index contributed by atoms with van der Waals surface area (Å²) < 4.78 is 5.42. The van der Waals surface area contributed by atoms with Crippen molar-refractivity contribution in [3.63, 3.8) is 0 Å². The first-order valence-electron chi connectivity index (χ1n) is 6.30. The summed E-state index contributed by atoms with van der Waals surface area (Å²) in [4.78, 5) is 10.4. The van der Waals surface area contributed by atoms with Gasteiger partial charge in [0.25, 0.3) is 5.69 Å². The molecule has 0 aliphatic rings. The molecule has 0 unspecified atom stereocenters. The van der Waals surface area contributed by atoms with Crippen molar-refractivity contribution in [3.8, 4) is 0 Å². The van der Waals surface area contributed by atoms with Crippen molar-refractivity contribution < 1.29 is 9.66 Å². The zero-order valence-corrected chi connectivity index (χ0v) is 11.9. The predicted molar refractivity (Wildman–Crippen MR) is 76.9 cm³/mol. The van der Waals surface area contributed by atoms with Crippen LogP contribution in [0.25, 0.3) is 0 Å². The van der Waals surface area contributed by atoms with Gasteiger partial charge >= 0.3 is 0 Å². The van der Waals surface area contributed by atoms with E-state index < -0.39 is 4.92 Å². The van der Waals surface area contributed by atoms with Gasteiger partial charge in [0.05, 0.1) is 11.0 Å². The molecule has 106 valence electrons. The molecule has 0 radical (unpaired) electrons. The van der Waals surface area contributed by atoms with E-state index >= 15 is 0 Å². The van der Waals surface area contributed by atoms with E-state index in [-0.39, 0.29) is 11.8 Å². The number of anilines is 1. The Bertz CT molecular complexity index is 424. The third-order valence-corrected chi connectivity index (χ3v) is 2.73. The van der Waals surface area contributed by atoms with E-state index in [2.05, 4.69) is 5.32 Å². The van der Waals surface area contributed by atoms with Crippen LogP contribution in [0.3, 0.4) is 0 Å². The second-order valence-corrected chi connectivity index (χ2v) is 4.91. The summed E-state index contributed by atoms with van der Waals surface area (Å²) in [6.07, 6.45) is 2.04. The van der Waals surface area contributed by atoms with E-state index in [9.17, 15) is 10.1 Å². The van der Waals surface area contributed by atoms with Crippen molar-refractivity contribution in [1.82, 2.24) is 0 Å². The molecular weight excluding hydrogens is 268 g/mol. The minimum absolute atomic E-state index is 0.0443. The van der Waals surface area contributed by atoms with Crippen LogP contribution in [0.1, 0.15) is 26.7 Å². The Morgan fingerprint density at radius 3 is 2.79 bits per heavy atom. The Balaban J connectivity index is 2.40. The Hall–Kier alpha value is -1.33. The van der Waals surface area contributed by atoms with Crippen molar-refractivity contribution in [2.75, 3.05) is 18.5 Å². The third-order valence-electron chi connectivity index (χ3n) is 2.49. The first-order chi connectivity index (χ1) is 9.00. The lowest BCUT2D eigenvalue weighted by Crippen LogP contribution is -2.08. The van der Waals surface area contributed by atoms with Crippen molar-refractivity contribution in [2.45, 2.75) is 32.8 Å². The maximum absolute atomic E-state index is 10.8. The zero-order chi connectivity index (χ0) is 14.3. The molecular formula is C13H19ClN2O3. The summed E-state index contributed by atoms with van der Waals surface area (Å²) in [6, 6.07) is 4.50. The SMILES string of the molecule is CC(C)OCCCCNc1cc(Cl)ccc1[N+](=O)[O-]. The van der Waals surface area contributed by atoms with Gasteiger partial charge in [-0.3, -0.25) is 10.1 Å². The van der Waals surface area contributed by atoms with Crippen LogP contribution < -0.4 is 5.32 Å². The van der Waals surface area contributed by atoms with E-state index in [0.29, 0.717) is 23.9 Å². The van der Waals surface area contributed by atoms with Gasteiger partial charge in [-0.25, -0.2) is 0 Å². The van der Waals surface area contributed by atoms with Gasteiger partial charge in [-0.1, -0.05) is 11.6 Å². The minimum Gasteiger partial charge on any atom is -0.379 e. The molecule has 0 bridgehead atoms. The molecule has 1 rings (SSSR count). The quantitative estimate of drug-likeness (QED) is 0.448. The molecule has 0 heterocycles. The summed E-state index contributed by atoms with van der Waals surface area (Å²) in [6.45, 7) is 5.35. The summed E-state index contributed by atoms with van der Waals surface area (Å²) >= 11 is 5.84. The molecule has 19 heavy (non-hydrogen) atoms. The molecule has 0 amide bonds. The average Bonchev–Trinajstić information content (AvgIpc) is 2.33. The summed E-state index contributed by atoms with van der Waals surface area (Å²) in [5.74, 6) is 0. The first kappa shape index (κ1) is 15.7. The summed E-state index contributed by atoms with van der Waals surface area (Å²) in [5.41, 5.74) is 0.505. The van der Waals surface area contributed by atoms with Crippen LogP contribution in [-0.2, 0) is 4.74 Å². The minimum atomic E-state index is -0.416. The van der Waals surface area contributed by atoms with Crippen LogP contribution in [-0.4, -0.2) is 24.2 Å². The molecule has 0 spiro atoms. The van der Waals surface area contributed by atoms with E-state index in [1.165, 1.54) is 12.1 Å². The summed E-state index contributed by atoms with van der Waals surface area (Å²) in [5, 5.41) is 14.4. The lowest BCUT2D eigenvalue weighted by atomic mass is 10.2. The number of rotatable bonds is 8. The Kier molecular flexibility index (Phi) is 6.59. The first-order valence-corrected chi connectivity index (χ1v) is 6.68. The third kappa shape index (κ3) is 5.89. The Morgan fingerprint density at radius 1 is 1.42 bits per heavy atom. The molecule has 1 aromatic rings. The standard InChI is InChI=1S/C13H19ClN2O3/c1-10(2)19-8-4-3-7-15-12-9-11(14)5-6-13(12)16(17)18/h5-6,9-10,15H,3-4,7-8H2,1-2H3. The molecule has 0 saturated carbocycles. The van der Waals surface area contributed by atoms with Gasteiger partial charge in [0.15, 0.2) is 0 Å². The molecule has 0 atom stereocenters. The highest BCUT2D eigenvalue weighted by molar-refractivity contribution is 6.31. The van der Waals surface area contributed by atoms with Crippen LogP contribution in [0, 0.1) is 10.1 Å². The highest BCUT2D eigenvalue weighted by atomic mass is 35.5. The Labute approximate surface area is 118 Å². The molecule has 0 aliphatic carbocycles. The van der Waals surface area contributed by atoms with Gasteiger partial charge in [0.1, 0.15) is 5.69 Å². The Morgan fingerprint density at radius 2 is 2.16 bits per heavy atom. The molecule has 0 saturated heterocycles. The zero-order valence-electron chi connectivity index (χ0n) is 11.2. The van der Waals surface area contributed by atoms with Crippen molar-refractivity contribution in [1.29, 1.82) is 0 Å². The topological polar surface area (TPSA) is 64.4 Å². The van der Waals surface area contributed by atoms with Gasteiger partial charge < -0.3 is 10.1 Å². The number of nitrogens with zero attached hydrogens (tertiary/aromatic N) is 1. The molecule has 6 heteroatoms. The number of nitro benzene ring substituents is 1. The summed E-state index contributed by atoms with van der Waals surface area (Å²) in [7, 11) is 0. The number of nitro groups is 1. The van der Waals surface area contributed by atoms with Gasteiger partial charge in [-0.2, -0.15) is 0 Å². The smallest absolute Gasteiger partial charge is 0.292 e. The lowest BCUT2D eigenvalue weighted by molar-refractivity contribution is -0.384. The highest BCUT2D eigenvalue weighted by Gasteiger charge is 2.13. The fraction of sp³-hybridized carbons (Fsp3) is 0.538. The maximum Gasteiger partial charge on any atom is 0.292 e. The lowest BCUT2D eigenvalue weighted by Gasteiger charge is -2.09. The second-order valence-electron chi connectivity index (χ2n) is 4.47. The van der Waals surface area contributed by atoms with E-state index in [1.807, 2.05) is 13.8 Å². The fourth-order valence-corrected chi connectivity index (χ4v) is 1.75. The molecule has 1 aromatic carbocycles. The van der Waals surface area contributed by atoms with Gasteiger partial charge in [-0.05, 0) is 38.8 Å². The number of benzene rings is 1. The molecule has 1 N–H and O–H groups in total. The average molecular weight is 287 g/mol. The second kappa shape index (κ2) is 7.96. The van der Waals surface area contributed by atoms with E-state index in [1.54, 1.807) is 6.07 Å². The highest BCUT2D eigenvalue weighted by Crippen LogP contribution is 2.27. The van der Waals surface area contributed by atoms with Crippen molar-refractivity contribution in [2.24, 2.45) is 0 Å². The molecule has 5 nitrogen and oxygen atoms in total. The normalized spacial score (nSPS) is 10.7.